The van der Waals surface area contributed by atoms with E-state index in [0.29, 0.717) is 23.3 Å². The van der Waals surface area contributed by atoms with E-state index in [2.05, 4.69) is 36.3 Å². The van der Waals surface area contributed by atoms with Crippen molar-refractivity contribution in [2.75, 3.05) is 0 Å². The van der Waals surface area contributed by atoms with Crippen LogP contribution in [-0.4, -0.2) is 16.4 Å². The molecule has 5 nitrogen and oxygen atoms in total. The van der Waals surface area contributed by atoms with Gasteiger partial charge in [0.15, 0.2) is 0 Å². The van der Waals surface area contributed by atoms with Crippen molar-refractivity contribution in [2.45, 2.75) is 52.5 Å². The molecule has 0 aliphatic carbocycles. The lowest BCUT2D eigenvalue weighted by Crippen LogP contribution is -2.42. The number of aryl methyl sites for hydroxylation is 1. The van der Waals surface area contributed by atoms with Crippen molar-refractivity contribution in [1.82, 2.24) is 10.3 Å². The number of oxazole rings is 1. The summed E-state index contributed by atoms with van der Waals surface area (Å²) in [5, 5.41) is 11.6. The van der Waals surface area contributed by atoms with Crippen LogP contribution in [0.1, 0.15) is 50.6 Å². The van der Waals surface area contributed by atoms with E-state index in [1.807, 2.05) is 18.2 Å². The van der Waals surface area contributed by atoms with Crippen molar-refractivity contribution < 1.29 is 9.21 Å². The number of carbonyl (C=O) groups is 1. The fourth-order valence-corrected chi connectivity index (χ4v) is 2.30. The first-order valence-electron chi connectivity index (χ1n) is 8.01. The zero-order valence-electron chi connectivity index (χ0n) is 14.8. The maximum atomic E-state index is 12.1. The highest BCUT2D eigenvalue weighted by molar-refractivity contribution is 5.79. The Labute approximate surface area is 142 Å². The monoisotopic (exact) mass is 325 g/mol. The van der Waals surface area contributed by atoms with Gasteiger partial charge in [0.2, 0.25) is 11.8 Å². The zero-order valence-corrected chi connectivity index (χ0v) is 14.8. The molecule has 0 unspecified atom stereocenters. The SMILES string of the molecule is Cc1oc(-c2ccc(C(C)C)cc2)nc1CC(=O)NC(C)(C)C#N. The molecule has 1 N–H and O–H groups in total. The summed E-state index contributed by atoms with van der Waals surface area (Å²) < 4.78 is 5.70. The Kier molecular flexibility index (Phi) is 5.08. The lowest BCUT2D eigenvalue weighted by atomic mass is 10.0. The highest BCUT2D eigenvalue weighted by Crippen LogP contribution is 2.24. The molecule has 0 bridgehead atoms. The molecule has 1 aromatic heterocycles. The molecule has 0 fully saturated rings. The number of rotatable bonds is 5. The van der Waals surface area contributed by atoms with Crippen LogP contribution in [0.3, 0.4) is 0 Å². The summed E-state index contributed by atoms with van der Waals surface area (Å²) >= 11 is 0. The van der Waals surface area contributed by atoms with Crippen LogP contribution >= 0.6 is 0 Å². The third-order valence-electron chi connectivity index (χ3n) is 3.78. The standard InChI is InChI=1S/C19H23N3O2/c1-12(2)14-6-8-15(9-7-14)18-21-16(13(3)24-18)10-17(23)22-19(4,5)11-20/h6-9,12H,10H2,1-5H3,(H,22,23). The Morgan fingerprint density at radius 3 is 2.50 bits per heavy atom. The lowest BCUT2D eigenvalue weighted by Gasteiger charge is -2.16. The van der Waals surface area contributed by atoms with Gasteiger partial charge in [0.25, 0.3) is 0 Å². The maximum absolute atomic E-state index is 12.1. The molecule has 2 aromatic rings. The second kappa shape index (κ2) is 6.88. The second-order valence-corrected chi connectivity index (χ2v) is 6.76. The van der Waals surface area contributed by atoms with Gasteiger partial charge in [-0.15, -0.1) is 0 Å². The predicted octanol–water partition coefficient (Wildman–Crippen LogP) is 3.73. The molecule has 0 aliphatic heterocycles. The van der Waals surface area contributed by atoms with Gasteiger partial charge in [-0.05, 0) is 44.4 Å². The molecule has 1 heterocycles. The Bertz CT molecular complexity index is 765. The summed E-state index contributed by atoms with van der Waals surface area (Å²) in [6.45, 7) is 9.38. The van der Waals surface area contributed by atoms with Gasteiger partial charge < -0.3 is 9.73 Å². The smallest absolute Gasteiger partial charge is 0.227 e. The molecule has 0 spiro atoms. The molecule has 2 rings (SSSR count). The number of hydrogen-bond acceptors (Lipinski definition) is 4. The Hall–Kier alpha value is -2.61. The Morgan fingerprint density at radius 2 is 1.96 bits per heavy atom. The van der Waals surface area contributed by atoms with E-state index in [-0.39, 0.29) is 12.3 Å². The fourth-order valence-electron chi connectivity index (χ4n) is 2.30. The van der Waals surface area contributed by atoms with E-state index < -0.39 is 5.54 Å². The van der Waals surface area contributed by atoms with Gasteiger partial charge in [-0.1, -0.05) is 26.0 Å². The van der Waals surface area contributed by atoms with E-state index >= 15 is 0 Å². The van der Waals surface area contributed by atoms with Crippen LogP contribution in [-0.2, 0) is 11.2 Å². The molecule has 0 radical (unpaired) electrons. The lowest BCUT2D eigenvalue weighted by molar-refractivity contribution is -0.121. The number of amides is 1. The first kappa shape index (κ1) is 17.7. The number of nitrogens with zero attached hydrogens (tertiary/aromatic N) is 2. The topological polar surface area (TPSA) is 78.9 Å². The van der Waals surface area contributed by atoms with Gasteiger partial charge in [0.1, 0.15) is 11.3 Å². The zero-order chi connectivity index (χ0) is 17.9. The van der Waals surface area contributed by atoms with Crippen molar-refractivity contribution in [1.29, 1.82) is 5.26 Å². The van der Waals surface area contributed by atoms with Crippen molar-refractivity contribution in [3.63, 3.8) is 0 Å². The van der Waals surface area contributed by atoms with E-state index in [1.54, 1.807) is 20.8 Å². The van der Waals surface area contributed by atoms with Gasteiger partial charge >= 0.3 is 0 Å². The minimum Gasteiger partial charge on any atom is -0.441 e. The summed E-state index contributed by atoms with van der Waals surface area (Å²) in [6.07, 6.45) is 0.0878. The van der Waals surface area contributed by atoms with Gasteiger partial charge in [-0.3, -0.25) is 4.79 Å². The number of benzene rings is 1. The molecular weight excluding hydrogens is 302 g/mol. The van der Waals surface area contributed by atoms with Crippen molar-refractivity contribution in [3.05, 3.63) is 41.3 Å². The first-order chi connectivity index (χ1) is 11.2. The fraction of sp³-hybridized carbons (Fsp3) is 0.421. The Morgan fingerprint density at radius 1 is 1.33 bits per heavy atom. The summed E-state index contributed by atoms with van der Waals surface area (Å²) in [5.41, 5.74) is 1.82. The molecule has 0 aliphatic rings. The van der Waals surface area contributed by atoms with Crippen LogP contribution in [0.5, 0.6) is 0 Å². The average Bonchev–Trinajstić information content (AvgIpc) is 2.87. The molecule has 1 aromatic carbocycles. The van der Waals surface area contributed by atoms with Crippen LogP contribution < -0.4 is 5.32 Å². The minimum absolute atomic E-state index is 0.0878. The van der Waals surface area contributed by atoms with Crippen LogP contribution in [0.15, 0.2) is 28.7 Å². The number of nitrogens with one attached hydrogen (secondary N) is 1. The van der Waals surface area contributed by atoms with Gasteiger partial charge in [0.05, 0.1) is 18.2 Å². The number of hydrogen-bond donors (Lipinski definition) is 1. The van der Waals surface area contributed by atoms with Crippen molar-refractivity contribution >= 4 is 5.91 Å². The summed E-state index contributed by atoms with van der Waals surface area (Å²) in [5.74, 6) is 1.33. The van der Waals surface area contributed by atoms with E-state index in [0.717, 1.165) is 5.56 Å². The number of nitriles is 1. The van der Waals surface area contributed by atoms with Crippen LogP contribution in [0.2, 0.25) is 0 Å². The normalized spacial score (nSPS) is 11.4. The molecule has 0 saturated heterocycles. The molecule has 5 heteroatoms. The van der Waals surface area contributed by atoms with Gasteiger partial charge in [0, 0.05) is 5.56 Å². The highest BCUT2D eigenvalue weighted by atomic mass is 16.4. The van der Waals surface area contributed by atoms with Gasteiger partial charge in [-0.25, -0.2) is 4.98 Å². The van der Waals surface area contributed by atoms with Crippen LogP contribution in [0, 0.1) is 18.3 Å². The van der Waals surface area contributed by atoms with Crippen LogP contribution in [0.4, 0.5) is 0 Å². The second-order valence-electron chi connectivity index (χ2n) is 6.76. The van der Waals surface area contributed by atoms with Gasteiger partial charge in [-0.2, -0.15) is 5.26 Å². The largest absolute Gasteiger partial charge is 0.441 e. The maximum Gasteiger partial charge on any atom is 0.227 e. The van der Waals surface area contributed by atoms with E-state index in [1.165, 1.54) is 5.56 Å². The summed E-state index contributed by atoms with van der Waals surface area (Å²) in [4.78, 5) is 16.5. The summed E-state index contributed by atoms with van der Waals surface area (Å²) in [6, 6.07) is 10.1. The highest BCUT2D eigenvalue weighted by Gasteiger charge is 2.21. The molecule has 0 atom stereocenters. The van der Waals surface area contributed by atoms with Crippen molar-refractivity contribution in [3.8, 4) is 17.5 Å². The van der Waals surface area contributed by atoms with E-state index in [9.17, 15) is 4.79 Å². The summed E-state index contributed by atoms with van der Waals surface area (Å²) in [7, 11) is 0. The molecule has 1 amide bonds. The Balaban J connectivity index is 2.15. The predicted molar refractivity (Wildman–Crippen MR) is 92.3 cm³/mol. The van der Waals surface area contributed by atoms with E-state index in [4.69, 9.17) is 9.68 Å². The molecule has 24 heavy (non-hydrogen) atoms. The molecule has 126 valence electrons. The minimum atomic E-state index is -0.899. The third-order valence-corrected chi connectivity index (χ3v) is 3.78. The quantitative estimate of drug-likeness (QED) is 0.908. The molecular formula is C19H23N3O2. The number of aromatic nitrogens is 1. The average molecular weight is 325 g/mol. The van der Waals surface area contributed by atoms with Crippen LogP contribution in [0.25, 0.3) is 11.5 Å². The molecule has 0 saturated carbocycles. The first-order valence-corrected chi connectivity index (χ1v) is 8.01. The third kappa shape index (κ3) is 4.23. The number of carbonyl (C=O) groups excluding carboxylic acids is 1. The van der Waals surface area contributed by atoms with Crippen molar-refractivity contribution in [2.24, 2.45) is 0 Å².